The van der Waals surface area contributed by atoms with Gasteiger partial charge in [0.15, 0.2) is 0 Å². The van der Waals surface area contributed by atoms with Crippen LogP contribution in [0.25, 0.3) is 5.57 Å². The molecule has 0 unspecified atom stereocenters. The van der Waals surface area contributed by atoms with Crippen molar-refractivity contribution in [3.63, 3.8) is 0 Å². The lowest BCUT2D eigenvalue weighted by Gasteiger charge is -2.14. The Kier molecular flexibility index (Phi) is 4.74. The second-order valence-electron chi connectivity index (χ2n) is 5.99. The molecule has 22 heavy (non-hydrogen) atoms. The number of nitrogens with one attached hydrogen (secondary N) is 1. The van der Waals surface area contributed by atoms with Gasteiger partial charge in [-0.1, -0.05) is 36.4 Å². The maximum absolute atomic E-state index is 4.96. The van der Waals surface area contributed by atoms with E-state index >= 15 is 0 Å². The van der Waals surface area contributed by atoms with Crippen LogP contribution in [0.4, 0.5) is 0 Å². The summed E-state index contributed by atoms with van der Waals surface area (Å²) in [6.45, 7) is 7.29. The summed E-state index contributed by atoms with van der Waals surface area (Å²) in [7, 11) is 0. The second kappa shape index (κ2) is 6.93. The van der Waals surface area contributed by atoms with Crippen LogP contribution in [0.15, 0.2) is 36.4 Å². The molecule has 0 radical (unpaired) electrons. The van der Waals surface area contributed by atoms with Crippen molar-refractivity contribution in [2.45, 2.75) is 39.7 Å². The van der Waals surface area contributed by atoms with Crippen molar-refractivity contribution >= 4 is 5.57 Å². The van der Waals surface area contributed by atoms with Gasteiger partial charge in [-0.3, -0.25) is 4.68 Å². The van der Waals surface area contributed by atoms with E-state index in [1.807, 2.05) is 0 Å². The monoisotopic (exact) mass is 295 g/mol. The minimum Gasteiger partial charge on any atom is -0.316 e. The molecule has 0 atom stereocenters. The highest BCUT2D eigenvalue weighted by Gasteiger charge is 2.19. The van der Waals surface area contributed by atoms with E-state index in [1.165, 1.54) is 34.5 Å². The van der Waals surface area contributed by atoms with Crippen LogP contribution >= 0.6 is 0 Å². The molecule has 3 rings (SSSR count). The molecule has 1 aromatic heterocycles. The Morgan fingerprint density at radius 2 is 2.05 bits per heavy atom. The number of allylic oxidation sites excluding steroid dienone is 2. The average Bonchev–Trinajstić information content (AvgIpc) is 2.84. The maximum atomic E-state index is 4.96. The third-order valence-electron chi connectivity index (χ3n) is 4.47. The fourth-order valence-electron chi connectivity index (χ4n) is 3.14. The van der Waals surface area contributed by atoms with Crippen LogP contribution in [0.5, 0.6) is 0 Å². The number of hydrogen-bond donors (Lipinski definition) is 1. The van der Waals surface area contributed by atoms with Gasteiger partial charge in [0, 0.05) is 24.2 Å². The van der Waals surface area contributed by atoms with Gasteiger partial charge in [0.25, 0.3) is 0 Å². The molecule has 0 aliphatic carbocycles. The molecule has 0 fully saturated rings. The van der Waals surface area contributed by atoms with E-state index in [-0.39, 0.29) is 0 Å². The van der Waals surface area contributed by atoms with Crippen LogP contribution < -0.4 is 5.32 Å². The number of hydrogen-bond acceptors (Lipinski definition) is 2. The van der Waals surface area contributed by atoms with Gasteiger partial charge in [-0.05, 0) is 44.4 Å². The predicted molar refractivity (Wildman–Crippen MR) is 92.0 cm³/mol. The van der Waals surface area contributed by atoms with Crippen LogP contribution in [-0.4, -0.2) is 22.9 Å². The quantitative estimate of drug-likeness (QED) is 0.940. The number of benzene rings is 1. The first-order valence-corrected chi connectivity index (χ1v) is 8.26. The summed E-state index contributed by atoms with van der Waals surface area (Å²) in [6.07, 6.45) is 5.55. The third-order valence-corrected chi connectivity index (χ3v) is 4.47. The third kappa shape index (κ3) is 3.14. The highest BCUT2D eigenvalue weighted by molar-refractivity contribution is 5.64. The minimum absolute atomic E-state index is 0.861. The molecule has 0 bridgehead atoms. The lowest BCUT2D eigenvalue weighted by Crippen LogP contribution is -2.23. The SMILES string of the molecule is C/C=C(\C)c1nn(Cc2ccccc2)c2c1CCCNCC2. The standard InChI is InChI=1S/C19H25N3/c1-3-15(2)19-17-10-7-12-20-13-11-18(17)22(21-19)14-16-8-5-4-6-9-16/h3-6,8-9,20H,7,10-14H2,1-2H3/b15-3+. The van der Waals surface area contributed by atoms with E-state index in [2.05, 4.69) is 60.3 Å². The maximum Gasteiger partial charge on any atom is 0.0911 e. The zero-order valence-corrected chi connectivity index (χ0v) is 13.6. The smallest absolute Gasteiger partial charge is 0.0911 e. The van der Waals surface area contributed by atoms with Gasteiger partial charge in [-0.25, -0.2) is 0 Å². The molecule has 3 nitrogen and oxygen atoms in total. The topological polar surface area (TPSA) is 29.9 Å². The minimum atomic E-state index is 0.861. The van der Waals surface area contributed by atoms with Gasteiger partial charge in [0.2, 0.25) is 0 Å². The fraction of sp³-hybridized carbons (Fsp3) is 0.421. The van der Waals surface area contributed by atoms with Gasteiger partial charge in [0.05, 0.1) is 12.2 Å². The lowest BCUT2D eigenvalue weighted by molar-refractivity contribution is 0.583. The Hall–Kier alpha value is -1.87. The summed E-state index contributed by atoms with van der Waals surface area (Å²) in [5, 5.41) is 8.48. The molecule has 0 saturated carbocycles. The van der Waals surface area contributed by atoms with Gasteiger partial charge in [-0.15, -0.1) is 0 Å². The van der Waals surface area contributed by atoms with Crippen LogP contribution in [0, 0.1) is 0 Å². The highest BCUT2D eigenvalue weighted by Crippen LogP contribution is 2.25. The Morgan fingerprint density at radius 1 is 1.23 bits per heavy atom. The molecule has 1 aromatic carbocycles. The van der Waals surface area contributed by atoms with Crippen molar-refractivity contribution < 1.29 is 0 Å². The molecular formula is C19H25N3. The van der Waals surface area contributed by atoms with Crippen LogP contribution in [0.3, 0.4) is 0 Å². The molecule has 2 aromatic rings. The largest absolute Gasteiger partial charge is 0.316 e. The van der Waals surface area contributed by atoms with Crippen molar-refractivity contribution in [1.29, 1.82) is 0 Å². The summed E-state index contributed by atoms with van der Waals surface area (Å²) < 4.78 is 2.22. The van der Waals surface area contributed by atoms with Crippen LogP contribution in [0.2, 0.25) is 0 Å². The van der Waals surface area contributed by atoms with E-state index < -0.39 is 0 Å². The Balaban J connectivity index is 2.01. The first-order valence-electron chi connectivity index (χ1n) is 8.26. The average molecular weight is 295 g/mol. The van der Waals surface area contributed by atoms with Crippen molar-refractivity contribution in [2.75, 3.05) is 13.1 Å². The van der Waals surface area contributed by atoms with Gasteiger partial charge >= 0.3 is 0 Å². The summed E-state index contributed by atoms with van der Waals surface area (Å²) in [5.74, 6) is 0. The van der Waals surface area contributed by atoms with Gasteiger partial charge in [0.1, 0.15) is 0 Å². The molecule has 0 amide bonds. The van der Waals surface area contributed by atoms with Crippen LogP contribution in [0.1, 0.15) is 42.8 Å². The number of nitrogens with zero attached hydrogens (tertiary/aromatic N) is 2. The van der Waals surface area contributed by atoms with E-state index in [0.29, 0.717) is 0 Å². The summed E-state index contributed by atoms with van der Waals surface area (Å²) in [4.78, 5) is 0. The molecule has 3 heteroatoms. The lowest BCUT2D eigenvalue weighted by atomic mass is 9.99. The van der Waals surface area contributed by atoms with Crippen molar-refractivity contribution in [3.8, 4) is 0 Å². The Bertz CT molecular complexity index is 653. The zero-order chi connectivity index (χ0) is 15.4. The fourth-order valence-corrected chi connectivity index (χ4v) is 3.14. The molecule has 1 aliphatic rings. The summed E-state index contributed by atoms with van der Waals surface area (Å²) in [6, 6.07) is 10.6. The normalized spacial score (nSPS) is 16.0. The number of aromatic nitrogens is 2. The molecule has 0 spiro atoms. The zero-order valence-electron chi connectivity index (χ0n) is 13.6. The van der Waals surface area contributed by atoms with Crippen LogP contribution in [-0.2, 0) is 19.4 Å². The predicted octanol–water partition coefficient (Wildman–Crippen LogP) is 3.43. The Labute approximate surface area is 133 Å². The van der Waals surface area contributed by atoms with E-state index in [0.717, 1.165) is 32.5 Å². The van der Waals surface area contributed by atoms with Gasteiger partial charge < -0.3 is 5.32 Å². The molecule has 2 heterocycles. The van der Waals surface area contributed by atoms with Crippen molar-refractivity contribution in [3.05, 3.63) is 58.9 Å². The first kappa shape index (κ1) is 15.0. The molecule has 1 aliphatic heterocycles. The summed E-state index contributed by atoms with van der Waals surface area (Å²) >= 11 is 0. The van der Waals surface area contributed by atoms with Crippen molar-refractivity contribution in [1.82, 2.24) is 15.1 Å². The van der Waals surface area contributed by atoms with E-state index in [1.54, 1.807) is 0 Å². The molecule has 1 N–H and O–H groups in total. The second-order valence-corrected chi connectivity index (χ2v) is 5.99. The molecule has 0 saturated heterocycles. The van der Waals surface area contributed by atoms with E-state index in [4.69, 9.17) is 5.10 Å². The van der Waals surface area contributed by atoms with Gasteiger partial charge in [-0.2, -0.15) is 5.10 Å². The Morgan fingerprint density at radius 3 is 2.82 bits per heavy atom. The molecular weight excluding hydrogens is 270 g/mol. The first-order chi connectivity index (χ1) is 10.8. The molecule has 116 valence electrons. The van der Waals surface area contributed by atoms with E-state index in [9.17, 15) is 0 Å². The number of rotatable bonds is 3. The van der Waals surface area contributed by atoms with Crippen molar-refractivity contribution in [2.24, 2.45) is 0 Å². The summed E-state index contributed by atoms with van der Waals surface area (Å²) in [5.41, 5.74) is 6.68. The number of fused-ring (bicyclic) bond motifs is 1. The highest BCUT2D eigenvalue weighted by atomic mass is 15.3.